The first-order chi connectivity index (χ1) is 11.9. The smallest absolute Gasteiger partial charge is 0.405 e. The number of hydrogen-bond acceptors (Lipinski definition) is 3. The molecule has 1 unspecified atom stereocenters. The molecule has 0 spiro atoms. The van der Waals surface area contributed by atoms with Crippen LogP contribution in [0.3, 0.4) is 0 Å². The summed E-state index contributed by atoms with van der Waals surface area (Å²) in [5, 5.41) is 0.774. The van der Waals surface area contributed by atoms with Gasteiger partial charge in [-0.3, -0.25) is 0 Å². The number of halogens is 4. The third-order valence-electron chi connectivity index (χ3n) is 4.62. The number of fused-ring (bicyclic) bond motifs is 1. The van der Waals surface area contributed by atoms with Gasteiger partial charge in [0.25, 0.3) is 0 Å². The van der Waals surface area contributed by atoms with Gasteiger partial charge in [0, 0.05) is 23.4 Å². The lowest BCUT2D eigenvalue weighted by Gasteiger charge is -2.18. The Kier molecular flexibility index (Phi) is 6.77. The predicted octanol–water partition coefficient (Wildman–Crippen LogP) is 3.45. The molecule has 0 N–H and O–H groups in total. The fraction of sp³-hybridized carbons (Fsp3) is 0.556. The number of benzene rings is 1. The van der Waals surface area contributed by atoms with Crippen LogP contribution in [0.2, 0.25) is 0 Å². The molecule has 0 saturated heterocycles. The second-order valence-electron chi connectivity index (χ2n) is 7.47. The van der Waals surface area contributed by atoms with Crippen LogP contribution >= 0.6 is 10.5 Å². The Labute approximate surface area is 159 Å². The highest BCUT2D eigenvalue weighted by Crippen LogP contribution is 2.55. The van der Waals surface area contributed by atoms with E-state index in [0.717, 1.165) is 36.6 Å². The summed E-state index contributed by atoms with van der Waals surface area (Å²) in [5.41, 5.74) is -3.32. The maximum atomic E-state index is 13.7. The van der Waals surface area contributed by atoms with E-state index in [1.165, 1.54) is 0 Å². The molecular formula is C18H22BrF3O3S. The fourth-order valence-electron chi connectivity index (χ4n) is 3.39. The van der Waals surface area contributed by atoms with E-state index < -0.39 is 30.8 Å². The van der Waals surface area contributed by atoms with Gasteiger partial charge in [-0.2, -0.15) is 0 Å². The van der Waals surface area contributed by atoms with Crippen molar-refractivity contribution in [2.24, 2.45) is 0 Å². The molecule has 146 valence electrons. The van der Waals surface area contributed by atoms with E-state index in [4.69, 9.17) is 12.6 Å². The molecule has 8 heteroatoms. The SMILES string of the molecule is CC(C)(C)c1ccc2cc(C3CCCC3)[s+](C(F)(F)F)c2c1.[O-][Br+2]([O-])[O-]. The highest BCUT2D eigenvalue weighted by atomic mass is 80.0. The van der Waals surface area contributed by atoms with Crippen LogP contribution < -0.4 is 12.6 Å². The Morgan fingerprint density at radius 2 is 1.54 bits per heavy atom. The largest absolute Gasteiger partial charge is 0.600 e. The minimum absolute atomic E-state index is 0.121. The van der Waals surface area contributed by atoms with Gasteiger partial charge >= 0.3 is 5.51 Å². The Morgan fingerprint density at radius 3 is 2.00 bits per heavy atom. The molecule has 0 amide bonds. The molecule has 1 aromatic heterocycles. The summed E-state index contributed by atoms with van der Waals surface area (Å²) in [6.45, 7) is 6.13. The van der Waals surface area contributed by atoms with Crippen molar-refractivity contribution in [3.8, 4) is 0 Å². The highest BCUT2D eigenvalue weighted by molar-refractivity contribution is 7.38. The summed E-state index contributed by atoms with van der Waals surface area (Å²) < 4.78 is 67.3. The van der Waals surface area contributed by atoms with Gasteiger partial charge in [0.1, 0.15) is 0 Å². The zero-order valence-corrected chi connectivity index (χ0v) is 17.3. The third-order valence-corrected chi connectivity index (χ3v) is 6.80. The van der Waals surface area contributed by atoms with Crippen LogP contribution in [0.25, 0.3) is 10.1 Å². The van der Waals surface area contributed by atoms with E-state index in [9.17, 15) is 13.2 Å². The molecule has 2 aromatic rings. The molecule has 0 bridgehead atoms. The topological polar surface area (TPSA) is 69.2 Å². The summed E-state index contributed by atoms with van der Waals surface area (Å²) in [7, 11) is -1.73. The minimum Gasteiger partial charge on any atom is -0.405 e. The summed E-state index contributed by atoms with van der Waals surface area (Å²) in [5.74, 6) is 0.121. The summed E-state index contributed by atoms with van der Waals surface area (Å²) in [4.78, 5) is 0.631. The summed E-state index contributed by atoms with van der Waals surface area (Å²) in [6.07, 6.45) is 3.93. The van der Waals surface area contributed by atoms with Crippen LogP contribution in [0.4, 0.5) is 13.2 Å². The Balaban J connectivity index is 0.000000552. The van der Waals surface area contributed by atoms with E-state index in [0.29, 0.717) is 9.58 Å². The first-order valence-corrected chi connectivity index (χ1v) is 11.5. The average molecular weight is 455 g/mol. The quantitative estimate of drug-likeness (QED) is 0.619. The molecule has 0 aliphatic heterocycles. The van der Waals surface area contributed by atoms with Crippen LogP contribution in [0.1, 0.15) is 62.8 Å². The minimum atomic E-state index is -4.17. The first-order valence-electron chi connectivity index (χ1n) is 8.31. The molecule has 1 aliphatic carbocycles. The number of thiophene rings is 1. The molecule has 1 saturated carbocycles. The van der Waals surface area contributed by atoms with Crippen molar-refractivity contribution in [1.82, 2.24) is 0 Å². The molecule has 1 heterocycles. The van der Waals surface area contributed by atoms with Gasteiger partial charge in [-0.15, -0.1) is 13.2 Å². The van der Waals surface area contributed by atoms with Crippen molar-refractivity contribution in [3.05, 3.63) is 34.7 Å². The maximum Gasteiger partial charge on any atom is 0.600 e. The molecular weight excluding hydrogens is 433 g/mol. The highest BCUT2D eigenvalue weighted by Gasteiger charge is 2.49. The van der Waals surface area contributed by atoms with Crippen molar-refractivity contribution in [2.75, 3.05) is 0 Å². The summed E-state index contributed by atoms with van der Waals surface area (Å²) >= 11 is -3.65. The Hall–Kier alpha value is -0.670. The third kappa shape index (κ3) is 5.19. The van der Waals surface area contributed by atoms with E-state index in [2.05, 4.69) is 0 Å². The monoisotopic (exact) mass is 454 g/mol. The lowest BCUT2D eigenvalue weighted by atomic mass is 9.87. The number of hydrogen-bond donors (Lipinski definition) is 0. The zero-order valence-electron chi connectivity index (χ0n) is 14.9. The van der Waals surface area contributed by atoms with Crippen LogP contribution in [0.5, 0.6) is 0 Å². The van der Waals surface area contributed by atoms with E-state index in [1.807, 2.05) is 39.0 Å². The molecule has 3 nitrogen and oxygen atoms in total. The summed E-state index contributed by atoms with van der Waals surface area (Å²) in [6, 6.07) is 7.48. The second-order valence-corrected chi connectivity index (χ2v) is 10.3. The van der Waals surface area contributed by atoms with Crippen LogP contribution in [0.15, 0.2) is 24.3 Å². The van der Waals surface area contributed by atoms with E-state index in [-0.39, 0.29) is 11.3 Å². The number of alkyl halides is 3. The average Bonchev–Trinajstić information content (AvgIpc) is 3.11. The van der Waals surface area contributed by atoms with E-state index in [1.54, 1.807) is 6.07 Å². The first kappa shape index (κ1) is 21.6. The van der Waals surface area contributed by atoms with Gasteiger partial charge in [0.2, 0.25) is 14.8 Å². The van der Waals surface area contributed by atoms with Crippen molar-refractivity contribution in [3.63, 3.8) is 0 Å². The van der Waals surface area contributed by atoms with Gasteiger partial charge in [0.15, 0.2) is 9.58 Å². The van der Waals surface area contributed by atoms with E-state index >= 15 is 0 Å². The van der Waals surface area contributed by atoms with Gasteiger partial charge in [0.05, 0.1) is 10.5 Å². The normalized spacial score (nSPS) is 16.9. The fourth-order valence-corrected chi connectivity index (χ4v) is 5.58. The number of rotatable bonds is 1. The van der Waals surface area contributed by atoms with Crippen molar-refractivity contribution >= 4 is 20.6 Å². The molecule has 1 atom stereocenters. The van der Waals surface area contributed by atoms with Gasteiger partial charge in [-0.25, -0.2) is 0 Å². The van der Waals surface area contributed by atoms with Gasteiger partial charge in [-0.05, 0) is 29.9 Å². The molecule has 1 aliphatic rings. The van der Waals surface area contributed by atoms with Crippen LogP contribution in [-0.4, -0.2) is 0 Å². The lowest BCUT2D eigenvalue weighted by molar-refractivity contribution is -1.73. The standard InChI is InChI=1S/C18H22F3S.BrO3/c1-17(2,3)14-9-8-13-10-15(12-6-4-5-7-12)22(16(13)11-14)18(19,20)21;2-1(3)4/h8-12H,4-7H2,1-3H3;/q+1;-1. The second kappa shape index (κ2) is 8.14. The van der Waals surface area contributed by atoms with Crippen molar-refractivity contribution in [1.29, 1.82) is 0 Å². The molecule has 26 heavy (non-hydrogen) atoms. The van der Waals surface area contributed by atoms with Crippen LogP contribution in [-0.2, 0) is 10.9 Å². The van der Waals surface area contributed by atoms with Crippen molar-refractivity contribution < 1.29 is 40.6 Å². The zero-order chi connectivity index (χ0) is 19.7. The molecule has 1 fully saturated rings. The predicted molar refractivity (Wildman–Crippen MR) is 87.6 cm³/mol. The lowest BCUT2D eigenvalue weighted by Crippen LogP contribution is -2.42. The van der Waals surface area contributed by atoms with Crippen LogP contribution in [0, 0.1) is 14.8 Å². The molecule has 0 radical (unpaired) electrons. The molecule has 3 rings (SSSR count). The Morgan fingerprint density at radius 1 is 1.00 bits per heavy atom. The van der Waals surface area contributed by atoms with Crippen molar-refractivity contribution in [2.45, 2.75) is 63.3 Å². The van der Waals surface area contributed by atoms with Gasteiger partial charge < -0.3 is 12.6 Å². The Bertz CT molecular complexity index is 742. The molecule has 1 aromatic carbocycles. The maximum absolute atomic E-state index is 13.7. The van der Waals surface area contributed by atoms with Gasteiger partial charge in [-0.1, -0.05) is 39.7 Å².